The van der Waals surface area contributed by atoms with Gasteiger partial charge in [0.1, 0.15) is 5.69 Å². The maximum absolute atomic E-state index is 11.8. The Labute approximate surface area is 123 Å². The van der Waals surface area contributed by atoms with Crippen molar-refractivity contribution in [3.63, 3.8) is 0 Å². The molecule has 1 aromatic heterocycles. The average Bonchev–Trinajstić information content (AvgIpc) is 2.36. The third-order valence-electron chi connectivity index (χ3n) is 2.62. The number of hydrogen-bond donors (Lipinski definition) is 1. The molecule has 4 nitrogen and oxygen atoms in total. The van der Waals surface area contributed by atoms with Crippen LogP contribution in [-0.2, 0) is 0 Å². The number of unbranched alkanes of at least 4 members (excludes halogenated alkanes) is 3. The number of nitrogens with one attached hydrogen (secondary N) is 1. The summed E-state index contributed by atoms with van der Waals surface area (Å²) in [6.07, 6.45) is 6.72. The maximum Gasteiger partial charge on any atom is 0.270 e. The Bertz CT molecular complexity index is 395. The van der Waals surface area contributed by atoms with E-state index in [4.69, 9.17) is 11.6 Å². The molecule has 0 saturated heterocycles. The van der Waals surface area contributed by atoms with Gasteiger partial charge in [-0.15, -0.1) is 0 Å². The van der Waals surface area contributed by atoms with E-state index >= 15 is 0 Å². The number of nitrogens with zero attached hydrogens (tertiary/aromatic N) is 2. The first-order chi connectivity index (χ1) is 9.13. The van der Waals surface area contributed by atoms with Gasteiger partial charge in [0, 0.05) is 12.2 Å². The molecule has 106 valence electrons. The van der Waals surface area contributed by atoms with E-state index in [0.717, 1.165) is 12.8 Å². The SMILES string of the molecule is CSCCCCCCNC(=O)c1cc(C)nc(Cl)n1. The van der Waals surface area contributed by atoms with Crippen molar-refractivity contribution in [2.24, 2.45) is 0 Å². The molecule has 19 heavy (non-hydrogen) atoms. The van der Waals surface area contributed by atoms with Gasteiger partial charge in [-0.3, -0.25) is 4.79 Å². The number of halogens is 1. The lowest BCUT2D eigenvalue weighted by Gasteiger charge is -2.05. The molecular formula is C13H20ClN3OS. The highest BCUT2D eigenvalue weighted by Gasteiger charge is 2.08. The molecule has 1 amide bonds. The highest BCUT2D eigenvalue weighted by atomic mass is 35.5. The third-order valence-corrected chi connectivity index (χ3v) is 3.49. The number of amides is 1. The van der Waals surface area contributed by atoms with Gasteiger partial charge in [-0.2, -0.15) is 11.8 Å². The monoisotopic (exact) mass is 301 g/mol. The van der Waals surface area contributed by atoms with E-state index in [0.29, 0.717) is 17.9 Å². The topological polar surface area (TPSA) is 54.9 Å². The molecule has 0 bridgehead atoms. The second-order valence-electron chi connectivity index (χ2n) is 4.33. The average molecular weight is 302 g/mol. The second-order valence-corrected chi connectivity index (χ2v) is 5.65. The van der Waals surface area contributed by atoms with Crippen LogP contribution in [0.25, 0.3) is 0 Å². The van der Waals surface area contributed by atoms with E-state index < -0.39 is 0 Å². The Kier molecular flexibility index (Phi) is 7.82. The normalized spacial score (nSPS) is 10.5. The zero-order chi connectivity index (χ0) is 14.1. The maximum atomic E-state index is 11.8. The quantitative estimate of drug-likeness (QED) is 0.592. The summed E-state index contributed by atoms with van der Waals surface area (Å²) in [5, 5.41) is 2.96. The summed E-state index contributed by atoms with van der Waals surface area (Å²) in [7, 11) is 0. The van der Waals surface area contributed by atoms with Gasteiger partial charge in [-0.25, -0.2) is 9.97 Å². The smallest absolute Gasteiger partial charge is 0.270 e. The molecule has 1 aromatic rings. The van der Waals surface area contributed by atoms with Gasteiger partial charge in [0.25, 0.3) is 5.91 Å². The largest absolute Gasteiger partial charge is 0.351 e. The van der Waals surface area contributed by atoms with E-state index in [1.807, 2.05) is 11.8 Å². The van der Waals surface area contributed by atoms with E-state index in [1.165, 1.54) is 18.6 Å². The Balaban J connectivity index is 2.24. The number of aromatic nitrogens is 2. The zero-order valence-corrected chi connectivity index (χ0v) is 13.0. The van der Waals surface area contributed by atoms with Crippen LogP contribution in [0, 0.1) is 6.92 Å². The molecule has 6 heteroatoms. The van der Waals surface area contributed by atoms with Crippen molar-refractivity contribution >= 4 is 29.3 Å². The lowest BCUT2D eigenvalue weighted by molar-refractivity contribution is 0.0947. The highest BCUT2D eigenvalue weighted by Crippen LogP contribution is 2.06. The first-order valence-corrected chi connectivity index (χ1v) is 8.19. The lowest BCUT2D eigenvalue weighted by Crippen LogP contribution is -2.25. The molecule has 0 aliphatic heterocycles. The lowest BCUT2D eigenvalue weighted by atomic mass is 10.2. The summed E-state index contributed by atoms with van der Waals surface area (Å²) >= 11 is 7.60. The van der Waals surface area contributed by atoms with Gasteiger partial charge in [-0.1, -0.05) is 12.8 Å². The van der Waals surface area contributed by atoms with Crippen LogP contribution < -0.4 is 5.32 Å². The Hall–Kier alpha value is -0.810. The number of carbonyl (C=O) groups is 1. The Morgan fingerprint density at radius 1 is 1.32 bits per heavy atom. The van der Waals surface area contributed by atoms with Crippen LogP contribution in [0.5, 0.6) is 0 Å². The van der Waals surface area contributed by atoms with E-state index in [2.05, 4.69) is 21.5 Å². The van der Waals surface area contributed by atoms with Crippen molar-refractivity contribution in [3.8, 4) is 0 Å². The standard InChI is InChI=1S/C13H20ClN3OS/c1-10-9-11(17-13(14)16-10)12(18)15-7-5-3-4-6-8-19-2/h9H,3-8H2,1-2H3,(H,15,18). The molecule has 0 spiro atoms. The Morgan fingerprint density at radius 2 is 2.05 bits per heavy atom. The Morgan fingerprint density at radius 3 is 2.74 bits per heavy atom. The molecular weight excluding hydrogens is 282 g/mol. The summed E-state index contributed by atoms with van der Waals surface area (Å²) < 4.78 is 0. The minimum atomic E-state index is -0.184. The number of hydrogen-bond acceptors (Lipinski definition) is 4. The summed E-state index contributed by atoms with van der Waals surface area (Å²) in [5.74, 6) is 1.03. The van der Waals surface area contributed by atoms with Gasteiger partial charge in [-0.05, 0) is 49.4 Å². The van der Waals surface area contributed by atoms with E-state index in [-0.39, 0.29) is 11.2 Å². The molecule has 0 aromatic carbocycles. The van der Waals surface area contributed by atoms with Crippen LogP contribution in [0.15, 0.2) is 6.07 Å². The van der Waals surface area contributed by atoms with Gasteiger partial charge >= 0.3 is 0 Å². The summed E-state index contributed by atoms with van der Waals surface area (Å²) in [4.78, 5) is 19.7. The number of aryl methyl sites for hydroxylation is 1. The molecule has 0 saturated carbocycles. The second kappa shape index (κ2) is 9.15. The van der Waals surface area contributed by atoms with E-state index in [1.54, 1.807) is 13.0 Å². The van der Waals surface area contributed by atoms with Gasteiger partial charge in [0.15, 0.2) is 0 Å². The van der Waals surface area contributed by atoms with Crippen molar-refractivity contribution in [3.05, 3.63) is 22.7 Å². The fourth-order valence-electron chi connectivity index (χ4n) is 1.67. The molecule has 0 fully saturated rings. The van der Waals surface area contributed by atoms with Crippen molar-refractivity contribution in [1.29, 1.82) is 0 Å². The minimum absolute atomic E-state index is 0.113. The molecule has 0 unspecified atom stereocenters. The van der Waals surface area contributed by atoms with Crippen LogP contribution in [0.4, 0.5) is 0 Å². The summed E-state index contributed by atoms with van der Waals surface area (Å²) in [5.41, 5.74) is 1.03. The van der Waals surface area contributed by atoms with Gasteiger partial charge < -0.3 is 5.32 Å². The fraction of sp³-hybridized carbons (Fsp3) is 0.615. The predicted octanol–water partition coefficient (Wildman–Crippen LogP) is 3.09. The summed E-state index contributed by atoms with van der Waals surface area (Å²) in [6, 6.07) is 1.64. The van der Waals surface area contributed by atoms with Crippen molar-refractivity contribution < 1.29 is 4.79 Å². The fourth-order valence-corrected chi connectivity index (χ4v) is 2.38. The molecule has 0 aliphatic carbocycles. The molecule has 0 radical (unpaired) electrons. The van der Waals surface area contributed by atoms with E-state index in [9.17, 15) is 4.79 Å². The van der Waals surface area contributed by atoms with Crippen LogP contribution in [-0.4, -0.2) is 34.4 Å². The number of rotatable bonds is 8. The zero-order valence-electron chi connectivity index (χ0n) is 11.4. The van der Waals surface area contributed by atoms with Crippen molar-refractivity contribution in [2.45, 2.75) is 32.6 Å². The molecule has 0 aliphatic rings. The number of thioether (sulfide) groups is 1. The molecule has 1 N–H and O–H groups in total. The van der Waals surface area contributed by atoms with Crippen LogP contribution >= 0.6 is 23.4 Å². The van der Waals surface area contributed by atoms with Crippen LogP contribution in [0.1, 0.15) is 41.9 Å². The molecule has 0 atom stereocenters. The first kappa shape index (κ1) is 16.2. The molecule has 1 heterocycles. The van der Waals surface area contributed by atoms with Crippen molar-refractivity contribution in [1.82, 2.24) is 15.3 Å². The first-order valence-electron chi connectivity index (χ1n) is 6.42. The highest BCUT2D eigenvalue weighted by molar-refractivity contribution is 7.98. The van der Waals surface area contributed by atoms with Crippen LogP contribution in [0.2, 0.25) is 5.28 Å². The third kappa shape index (κ3) is 6.78. The van der Waals surface area contributed by atoms with Gasteiger partial charge in [0.05, 0.1) is 0 Å². The number of carbonyl (C=O) groups excluding carboxylic acids is 1. The predicted molar refractivity (Wildman–Crippen MR) is 81.0 cm³/mol. The minimum Gasteiger partial charge on any atom is -0.351 e. The van der Waals surface area contributed by atoms with Gasteiger partial charge in [0.2, 0.25) is 5.28 Å². The molecule has 1 rings (SSSR count). The van der Waals surface area contributed by atoms with Crippen molar-refractivity contribution in [2.75, 3.05) is 18.6 Å². The van der Waals surface area contributed by atoms with Crippen LogP contribution in [0.3, 0.4) is 0 Å². The summed E-state index contributed by atoms with van der Waals surface area (Å²) in [6.45, 7) is 2.47.